The molecule has 1 saturated carbocycles. The first-order valence-electron chi connectivity index (χ1n) is 9.42. The first kappa shape index (κ1) is 18.4. The van der Waals surface area contributed by atoms with Gasteiger partial charge >= 0.3 is 5.97 Å². The van der Waals surface area contributed by atoms with Crippen LogP contribution in [0.1, 0.15) is 74.9 Å². The average molecular weight is 365 g/mol. The molecule has 3 rings (SSSR count). The van der Waals surface area contributed by atoms with Crippen molar-refractivity contribution in [3.63, 3.8) is 0 Å². The molecule has 2 heterocycles. The Bertz CT molecular complexity index is 628. The molecule has 2 aliphatic rings. The molecule has 138 valence electrons. The summed E-state index contributed by atoms with van der Waals surface area (Å²) >= 11 is 1.71. The van der Waals surface area contributed by atoms with Gasteiger partial charge in [0.15, 0.2) is 0 Å². The van der Waals surface area contributed by atoms with E-state index in [1.165, 1.54) is 0 Å². The normalized spacial score (nSPS) is 27.5. The van der Waals surface area contributed by atoms with Crippen molar-refractivity contribution in [3.05, 3.63) is 16.1 Å². The molecule has 1 saturated heterocycles. The average Bonchev–Trinajstić information content (AvgIpc) is 3.12. The van der Waals surface area contributed by atoms with E-state index in [0.29, 0.717) is 24.7 Å². The standard InChI is InChI=1S/C19H28N2O3S/c1-12(2)16-11-25-17(20-16)15-7-4-8-21(10-15)18(22)13-5-3-6-14(9-13)19(23)24/h11-15H,3-10H2,1-2H3,(H,23,24). The van der Waals surface area contributed by atoms with Crippen molar-refractivity contribution in [2.75, 3.05) is 13.1 Å². The Morgan fingerprint density at radius 2 is 2.00 bits per heavy atom. The second kappa shape index (κ2) is 7.85. The Morgan fingerprint density at radius 1 is 1.24 bits per heavy atom. The molecule has 1 aliphatic carbocycles. The number of hydrogen-bond acceptors (Lipinski definition) is 4. The summed E-state index contributed by atoms with van der Waals surface area (Å²) in [5.74, 6) is -0.295. The summed E-state index contributed by atoms with van der Waals surface area (Å²) in [5, 5.41) is 12.5. The first-order chi connectivity index (χ1) is 12.0. The molecule has 0 aromatic carbocycles. The van der Waals surface area contributed by atoms with Gasteiger partial charge in [0.1, 0.15) is 0 Å². The maximum Gasteiger partial charge on any atom is 0.306 e. The number of likely N-dealkylation sites (tertiary alicyclic amines) is 1. The van der Waals surface area contributed by atoms with Crippen molar-refractivity contribution < 1.29 is 14.7 Å². The highest BCUT2D eigenvalue weighted by Crippen LogP contribution is 2.34. The van der Waals surface area contributed by atoms with E-state index in [0.717, 1.165) is 49.5 Å². The van der Waals surface area contributed by atoms with Gasteiger partial charge < -0.3 is 10.0 Å². The van der Waals surface area contributed by atoms with Gasteiger partial charge in [0.2, 0.25) is 5.91 Å². The van der Waals surface area contributed by atoms with Gasteiger partial charge in [-0.15, -0.1) is 11.3 Å². The number of thiazole rings is 1. The summed E-state index contributed by atoms with van der Waals surface area (Å²) in [5.41, 5.74) is 1.14. The van der Waals surface area contributed by atoms with Crippen LogP contribution in [0.5, 0.6) is 0 Å². The summed E-state index contributed by atoms with van der Waals surface area (Å²) in [6.45, 7) is 5.83. The van der Waals surface area contributed by atoms with Crippen molar-refractivity contribution in [1.29, 1.82) is 0 Å². The van der Waals surface area contributed by atoms with Crippen molar-refractivity contribution in [2.45, 2.75) is 64.2 Å². The Balaban J connectivity index is 1.64. The maximum absolute atomic E-state index is 12.9. The molecule has 1 aliphatic heterocycles. The van der Waals surface area contributed by atoms with E-state index in [-0.39, 0.29) is 17.7 Å². The summed E-state index contributed by atoms with van der Waals surface area (Å²) < 4.78 is 0. The van der Waals surface area contributed by atoms with Crippen LogP contribution >= 0.6 is 11.3 Å². The van der Waals surface area contributed by atoms with Crippen molar-refractivity contribution in [3.8, 4) is 0 Å². The largest absolute Gasteiger partial charge is 0.481 e. The fourth-order valence-electron chi connectivity index (χ4n) is 4.03. The number of rotatable bonds is 4. The zero-order chi connectivity index (χ0) is 18.0. The monoisotopic (exact) mass is 364 g/mol. The van der Waals surface area contributed by atoms with Gasteiger partial charge in [0.25, 0.3) is 0 Å². The molecule has 1 N–H and O–H groups in total. The highest BCUT2D eigenvalue weighted by molar-refractivity contribution is 7.09. The van der Waals surface area contributed by atoms with Gasteiger partial charge in [0, 0.05) is 30.3 Å². The second-order valence-corrected chi connectivity index (χ2v) is 8.68. The van der Waals surface area contributed by atoms with Crippen LogP contribution in [0.25, 0.3) is 0 Å². The molecule has 0 radical (unpaired) electrons. The molecule has 3 unspecified atom stereocenters. The van der Waals surface area contributed by atoms with Crippen LogP contribution < -0.4 is 0 Å². The molecular formula is C19H28N2O3S. The highest BCUT2D eigenvalue weighted by Gasteiger charge is 2.35. The van der Waals surface area contributed by atoms with Gasteiger partial charge in [-0.05, 0) is 38.0 Å². The minimum atomic E-state index is -0.752. The molecule has 0 bridgehead atoms. The predicted molar refractivity (Wildman–Crippen MR) is 97.8 cm³/mol. The van der Waals surface area contributed by atoms with Crippen molar-refractivity contribution in [1.82, 2.24) is 9.88 Å². The van der Waals surface area contributed by atoms with E-state index >= 15 is 0 Å². The summed E-state index contributed by atoms with van der Waals surface area (Å²) in [6.07, 6.45) is 4.97. The third kappa shape index (κ3) is 4.22. The molecule has 1 aromatic heterocycles. The summed E-state index contributed by atoms with van der Waals surface area (Å²) in [6, 6.07) is 0. The van der Waals surface area contributed by atoms with Crippen LogP contribution in [0.3, 0.4) is 0 Å². The molecule has 1 aromatic rings. The van der Waals surface area contributed by atoms with Gasteiger partial charge in [-0.3, -0.25) is 9.59 Å². The number of carbonyl (C=O) groups excluding carboxylic acids is 1. The lowest BCUT2D eigenvalue weighted by Crippen LogP contribution is -2.44. The van der Waals surface area contributed by atoms with Crippen LogP contribution in [0, 0.1) is 11.8 Å². The Hall–Kier alpha value is -1.43. The van der Waals surface area contributed by atoms with Crippen molar-refractivity contribution in [2.24, 2.45) is 11.8 Å². The fraction of sp³-hybridized carbons (Fsp3) is 0.737. The van der Waals surface area contributed by atoms with E-state index in [1.807, 2.05) is 4.90 Å². The molecular weight excluding hydrogens is 336 g/mol. The van der Waals surface area contributed by atoms with Gasteiger partial charge in [-0.25, -0.2) is 4.98 Å². The van der Waals surface area contributed by atoms with E-state index in [4.69, 9.17) is 4.98 Å². The minimum Gasteiger partial charge on any atom is -0.481 e. The maximum atomic E-state index is 12.9. The predicted octanol–water partition coefficient (Wildman–Crippen LogP) is 3.86. The van der Waals surface area contributed by atoms with E-state index in [1.54, 1.807) is 11.3 Å². The zero-order valence-electron chi connectivity index (χ0n) is 15.1. The lowest BCUT2D eigenvalue weighted by atomic mass is 9.80. The Kier molecular flexibility index (Phi) is 5.77. The molecule has 6 heteroatoms. The van der Waals surface area contributed by atoms with Crippen LogP contribution in [0.15, 0.2) is 5.38 Å². The van der Waals surface area contributed by atoms with E-state index in [2.05, 4.69) is 19.2 Å². The lowest BCUT2D eigenvalue weighted by Gasteiger charge is -2.36. The molecule has 0 spiro atoms. The molecule has 5 nitrogen and oxygen atoms in total. The topological polar surface area (TPSA) is 70.5 Å². The number of hydrogen-bond donors (Lipinski definition) is 1. The number of nitrogens with zero attached hydrogens (tertiary/aromatic N) is 2. The smallest absolute Gasteiger partial charge is 0.306 e. The number of aliphatic carboxylic acids is 1. The number of amides is 1. The summed E-state index contributed by atoms with van der Waals surface area (Å²) in [4.78, 5) is 30.9. The SMILES string of the molecule is CC(C)c1csc(C2CCCN(C(=O)C3CCCC(C(=O)O)C3)C2)n1. The quantitative estimate of drug-likeness (QED) is 0.880. The van der Waals surface area contributed by atoms with Gasteiger partial charge in [0.05, 0.1) is 16.6 Å². The molecule has 1 amide bonds. The van der Waals surface area contributed by atoms with Crippen LogP contribution in [0.4, 0.5) is 0 Å². The zero-order valence-corrected chi connectivity index (χ0v) is 15.9. The van der Waals surface area contributed by atoms with Crippen molar-refractivity contribution >= 4 is 23.2 Å². The van der Waals surface area contributed by atoms with Gasteiger partial charge in [-0.2, -0.15) is 0 Å². The second-order valence-electron chi connectivity index (χ2n) is 7.79. The number of carboxylic acid groups (broad SMARTS) is 1. The Morgan fingerprint density at radius 3 is 2.68 bits per heavy atom. The third-order valence-corrected chi connectivity index (χ3v) is 6.61. The molecule has 2 fully saturated rings. The lowest BCUT2D eigenvalue weighted by molar-refractivity contribution is -0.145. The van der Waals surface area contributed by atoms with Gasteiger partial charge in [-0.1, -0.05) is 20.3 Å². The van der Waals surface area contributed by atoms with Crippen LogP contribution in [-0.4, -0.2) is 40.0 Å². The molecule has 3 atom stereocenters. The van der Waals surface area contributed by atoms with E-state index in [9.17, 15) is 14.7 Å². The number of carbonyl (C=O) groups is 2. The van der Waals surface area contributed by atoms with Crippen LogP contribution in [0.2, 0.25) is 0 Å². The van der Waals surface area contributed by atoms with E-state index < -0.39 is 5.97 Å². The number of carboxylic acids is 1. The number of piperidine rings is 1. The minimum absolute atomic E-state index is 0.115. The third-order valence-electron chi connectivity index (χ3n) is 5.59. The molecule has 25 heavy (non-hydrogen) atoms. The number of aromatic nitrogens is 1. The Labute approximate surface area is 153 Å². The highest BCUT2D eigenvalue weighted by atomic mass is 32.1. The summed E-state index contributed by atoms with van der Waals surface area (Å²) in [7, 11) is 0. The fourth-order valence-corrected chi connectivity index (χ4v) is 5.14. The first-order valence-corrected chi connectivity index (χ1v) is 10.3. The van der Waals surface area contributed by atoms with Crippen LogP contribution in [-0.2, 0) is 9.59 Å².